The molecule has 2 atom stereocenters. The number of hydrogen-bond acceptors (Lipinski definition) is 4. The lowest BCUT2D eigenvalue weighted by Gasteiger charge is -2.22. The van der Waals surface area contributed by atoms with E-state index in [1.54, 1.807) is 0 Å². The summed E-state index contributed by atoms with van der Waals surface area (Å²) in [6.45, 7) is -0.386. The number of allylic oxidation sites excluding steroid dienone is 2. The van der Waals surface area contributed by atoms with Crippen molar-refractivity contribution in [1.29, 1.82) is 0 Å². The van der Waals surface area contributed by atoms with Gasteiger partial charge in [-0.3, -0.25) is 24.6 Å². The van der Waals surface area contributed by atoms with Crippen LogP contribution in [-0.4, -0.2) is 41.2 Å². The summed E-state index contributed by atoms with van der Waals surface area (Å²) in [6.07, 6.45) is 10.0. The van der Waals surface area contributed by atoms with Gasteiger partial charge < -0.3 is 5.32 Å². The molecule has 5 amide bonds. The van der Waals surface area contributed by atoms with Gasteiger partial charge in [0.1, 0.15) is 6.54 Å². The molecule has 130 valence electrons. The fourth-order valence-electron chi connectivity index (χ4n) is 3.80. The van der Waals surface area contributed by atoms with E-state index in [-0.39, 0.29) is 36.2 Å². The zero-order valence-corrected chi connectivity index (χ0v) is 13.6. The molecular formula is C17H23N3O4. The van der Waals surface area contributed by atoms with E-state index in [9.17, 15) is 19.2 Å². The first kappa shape index (κ1) is 16.7. The summed E-state index contributed by atoms with van der Waals surface area (Å²) in [5.74, 6) is -1.95. The third-order valence-electron chi connectivity index (χ3n) is 5.09. The second kappa shape index (κ2) is 7.15. The van der Waals surface area contributed by atoms with Crippen molar-refractivity contribution in [3.63, 3.8) is 0 Å². The van der Waals surface area contributed by atoms with Crippen LogP contribution < -0.4 is 10.6 Å². The normalized spacial score (nSPS) is 27.1. The highest BCUT2D eigenvalue weighted by Gasteiger charge is 2.47. The predicted octanol–water partition coefficient (Wildman–Crippen LogP) is 1.10. The number of urea groups is 1. The Morgan fingerprint density at radius 3 is 2.17 bits per heavy atom. The monoisotopic (exact) mass is 333 g/mol. The maximum Gasteiger partial charge on any atom is 0.321 e. The number of nitrogens with one attached hydrogen (secondary N) is 2. The number of imide groups is 2. The molecule has 3 aliphatic rings. The molecule has 1 saturated carbocycles. The molecule has 0 unspecified atom stereocenters. The molecule has 1 saturated heterocycles. The van der Waals surface area contributed by atoms with Crippen molar-refractivity contribution in [2.45, 2.75) is 51.0 Å². The summed E-state index contributed by atoms with van der Waals surface area (Å²) in [6, 6.07) is -0.458. The summed E-state index contributed by atoms with van der Waals surface area (Å²) < 4.78 is 0. The first-order valence-electron chi connectivity index (χ1n) is 8.67. The van der Waals surface area contributed by atoms with Gasteiger partial charge in [0.25, 0.3) is 0 Å². The van der Waals surface area contributed by atoms with Crippen LogP contribution in [0.25, 0.3) is 0 Å². The number of fused-ring (bicyclic) bond motifs is 1. The van der Waals surface area contributed by atoms with Crippen LogP contribution in [0.15, 0.2) is 12.2 Å². The molecule has 0 spiro atoms. The van der Waals surface area contributed by atoms with Crippen LogP contribution >= 0.6 is 0 Å². The summed E-state index contributed by atoms with van der Waals surface area (Å²) in [5.41, 5.74) is 0. The Kier molecular flexibility index (Phi) is 4.97. The molecule has 2 N–H and O–H groups in total. The number of nitrogens with zero attached hydrogens (tertiary/aromatic N) is 1. The number of amides is 5. The molecule has 3 rings (SSSR count). The molecule has 0 aromatic carbocycles. The van der Waals surface area contributed by atoms with Gasteiger partial charge in [0.2, 0.25) is 17.7 Å². The Hall–Kier alpha value is -2.18. The van der Waals surface area contributed by atoms with Crippen LogP contribution in [0, 0.1) is 11.8 Å². The second-order valence-electron chi connectivity index (χ2n) is 6.77. The number of likely N-dealkylation sites (tertiary alicyclic amines) is 1. The number of rotatable bonds is 3. The maximum atomic E-state index is 12.3. The van der Waals surface area contributed by atoms with Gasteiger partial charge in [0.05, 0.1) is 11.8 Å². The van der Waals surface area contributed by atoms with E-state index in [4.69, 9.17) is 0 Å². The quantitative estimate of drug-likeness (QED) is 0.597. The van der Waals surface area contributed by atoms with E-state index in [1.165, 1.54) is 6.42 Å². The minimum absolute atomic E-state index is 0.0931. The van der Waals surface area contributed by atoms with Gasteiger partial charge in [-0.05, 0) is 25.7 Å². The molecule has 7 nitrogen and oxygen atoms in total. The first-order chi connectivity index (χ1) is 11.6. The minimum Gasteiger partial charge on any atom is -0.335 e. The lowest BCUT2D eigenvalue weighted by molar-refractivity contribution is -0.143. The molecule has 7 heteroatoms. The van der Waals surface area contributed by atoms with Gasteiger partial charge >= 0.3 is 6.03 Å². The Morgan fingerprint density at radius 2 is 1.58 bits per heavy atom. The Labute approximate surface area is 140 Å². The van der Waals surface area contributed by atoms with Crippen molar-refractivity contribution < 1.29 is 19.2 Å². The van der Waals surface area contributed by atoms with E-state index >= 15 is 0 Å². The molecule has 24 heavy (non-hydrogen) atoms. The van der Waals surface area contributed by atoms with Gasteiger partial charge in [0.15, 0.2) is 0 Å². The van der Waals surface area contributed by atoms with E-state index in [2.05, 4.69) is 10.6 Å². The standard InChI is InChI=1S/C17H23N3O4/c21-14(19-17(24)18-11-6-2-1-3-7-11)10-20-15(22)12-8-4-5-9-13(12)16(20)23/h4-5,11-13H,1-3,6-10H2,(H2,18,19,21,24)/t12-,13-/m0/s1. The molecule has 1 heterocycles. The van der Waals surface area contributed by atoms with E-state index in [1.807, 2.05) is 12.2 Å². The molecular weight excluding hydrogens is 310 g/mol. The lowest BCUT2D eigenvalue weighted by atomic mass is 9.85. The van der Waals surface area contributed by atoms with Crippen molar-refractivity contribution in [2.24, 2.45) is 11.8 Å². The minimum atomic E-state index is -0.628. The highest BCUT2D eigenvalue weighted by Crippen LogP contribution is 2.34. The zero-order valence-electron chi connectivity index (χ0n) is 13.6. The summed E-state index contributed by atoms with van der Waals surface area (Å²) >= 11 is 0. The van der Waals surface area contributed by atoms with E-state index < -0.39 is 11.9 Å². The average molecular weight is 333 g/mol. The van der Waals surface area contributed by atoms with Crippen molar-refractivity contribution in [1.82, 2.24) is 15.5 Å². The average Bonchev–Trinajstić information content (AvgIpc) is 2.81. The highest BCUT2D eigenvalue weighted by molar-refractivity contribution is 6.08. The van der Waals surface area contributed by atoms with Gasteiger partial charge in [-0.2, -0.15) is 0 Å². The first-order valence-corrected chi connectivity index (χ1v) is 8.67. The predicted molar refractivity (Wildman–Crippen MR) is 85.6 cm³/mol. The van der Waals surface area contributed by atoms with Gasteiger partial charge in [-0.25, -0.2) is 4.79 Å². The number of carbonyl (C=O) groups is 4. The SMILES string of the molecule is O=C(CN1C(=O)[C@H]2CC=CC[C@@H]2C1=O)NC(=O)NC1CCCCC1. The summed E-state index contributed by atoms with van der Waals surface area (Å²) in [4.78, 5) is 49.4. The maximum absolute atomic E-state index is 12.3. The summed E-state index contributed by atoms with van der Waals surface area (Å²) in [7, 11) is 0. The van der Waals surface area contributed by atoms with E-state index in [0.29, 0.717) is 12.8 Å². The van der Waals surface area contributed by atoms with Crippen LogP contribution in [0.4, 0.5) is 4.79 Å². The van der Waals surface area contributed by atoms with Crippen molar-refractivity contribution in [3.8, 4) is 0 Å². The highest BCUT2D eigenvalue weighted by atomic mass is 16.2. The van der Waals surface area contributed by atoms with Gasteiger partial charge in [-0.1, -0.05) is 31.4 Å². The summed E-state index contributed by atoms with van der Waals surface area (Å²) in [5, 5.41) is 5.00. The van der Waals surface area contributed by atoms with Crippen LogP contribution in [0.1, 0.15) is 44.9 Å². The number of hydrogen-bond donors (Lipinski definition) is 2. The molecule has 1 aliphatic heterocycles. The van der Waals surface area contributed by atoms with Crippen LogP contribution in [0.2, 0.25) is 0 Å². The topological polar surface area (TPSA) is 95.6 Å². The van der Waals surface area contributed by atoms with Crippen LogP contribution in [0.3, 0.4) is 0 Å². The van der Waals surface area contributed by atoms with Crippen molar-refractivity contribution >= 4 is 23.8 Å². The molecule has 0 aromatic rings. The molecule has 0 bridgehead atoms. The van der Waals surface area contributed by atoms with E-state index in [0.717, 1.165) is 30.6 Å². The Bertz CT molecular complexity index is 554. The van der Waals surface area contributed by atoms with Gasteiger partial charge in [-0.15, -0.1) is 0 Å². The molecule has 0 aromatic heterocycles. The number of carbonyl (C=O) groups excluding carboxylic acids is 4. The molecule has 2 aliphatic carbocycles. The van der Waals surface area contributed by atoms with Crippen LogP contribution in [-0.2, 0) is 14.4 Å². The molecule has 0 radical (unpaired) electrons. The lowest BCUT2D eigenvalue weighted by Crippen LogP contribution is -2.49. The fourth-order valence-corrected chi connectivity index (χ4v) is 3.80. The van der Waals surface area contributed by atoms with Crippen molar-refractivity contribution in [3.05, 3.63) is 12.2 Å². The van der Waals surface area contributed by atoms with Crippen molar-refractivity contribution in [2.75, 3.05) is 6.54 Å². The zero-order chi connectivity index (χ0) is 17.1. The Morgan fingerprint density at radius 1 is 1.00 bits per heavy atom. The van der Waals surface area contributed by atoms with Gasteiger partial charge in [0, 0.05) is 6.04 Å². The smallest absolute Gasteiger partial charge is 0.321 e. The fraction of sp³-hybridized carbons (Fsp3) is 0.647. The third kappa shape index (κ3) is 3.49. The molecule has 2 fully saturated rings. The van der Waals surface area contributed by atoms with Crippen LogP contribution in [0.5, 0.6) is 0 Å². The largest absolute Gasteiger partial charge is 0.335 e. The third-order valence-corrected chi connectivity index (χ3v) is 5.09. The Balaban J connectivity index is 1.50. The second-order valence-corrected chi connectivity index (χ2v) is 6.77.